The number of amides is 1. The molecule has 1 N–H and O–H groups in total. The maximum absolute atomic E-state index is 13.0. The molecule has 9 heteroatoms. The molecule has 0 saturated heterocycles. The Balaban J connectivity index is 1.89. The number of sulfonamides is 1. The van der Waals surface area contributed by atoms with Gasteiger partial charge in [-0.15, -0.1) is 0 Å². The molecule has 1 amide bonds. The topological polar surface area (TPSA) is 75.7 Å². The van der Waals surface area contributed by atoms with Gasteiger partial charge in [0.25, 0.3) is 0 Å². The Bertz CT molecular complexity index is 1170. The van der Waals surface area contributed by atoms with Gasteiger partial charge in [-0.3, -0.25) is 9.10 Å². The first-order valence-corrected chi connectivity index (χ1v) is 11.8. The van der Waals surface area contributed by atoms with Gasteiger partial charge in [0.15, 0.2) is 5.75 Å². The molecule has 0 fully saturated rings. The number of para-hydroxylation sites is 1. The molecule has 6 nitrogen and oxygen atoms in total. The quantitative estimate of drug-likeness (QED) is 0.480. The molecular formula is C22H20Cl2N2O4S. The van der Waals surface area contributed by atoms with Gasteiger partial charge in [0, 0.05) is 10.0 Å². The fourth-order valence-electron chi connectivity index (χ4n) is 2.94. The normalized spacial score (nSPS) is 12.1. The fourth-order valence-corrected chi connectivity index (χ4v) is 4.41. The number of anilines is 2. The van der Waals surface area contributed by atoms with E-state index in [1.807, 2.05) is 18.2 Å². The lowest BCUT2D eigenvalue weighted by molar-refractivity contribution is -0.116. The number of hydrogen-bond acceptors (Lipinski definition) is 4. The van der Waals surface area contributed by atoms with E-state index in [9.17, 15) is 13.2 Å². The van der Waals surface area contributed by atoms with Gasteiger partial charge in [0.05, 0.1) is 17.6 Å². The van der Waals surface area contributed by atoms with E-state index < -0.39 is 22.0 Å². The van der Waals surface area contributed by atoms with Crippen LogP contribution in [-0.4, -0.2) is 26.6 Å². The third kappa shape index (κ3) is 5.91. The summed E-state index contributed by atoms with van der Waals surface area (Å²) in [5, 5.41) is 3.57. The van der Waals surface area contributed by atoms with Crippen molar-refractivity contribution < 1.29 is 17.9 Å². The molecule has 0 saturated carbocycles. The lowest BCUT2D eigenvalue weighted by Crippen LogP contribution is -2.45. The maximum Gasteiger partial charge on any atom is 0.248 e. The van der Waals surface area contributed by atoms with Crippen LogP contribution >= 0.6 is 23.2 Å². The number of halogens is 2. The summed E-state index contributed by atoms with van der Waals surface area (Å²) < 4.78 is 31.8. The molecule has 0 aliphatic carbocycles. The molecule has 0 unspecified atom stereocenters. The summed E-state index contributed by atoms with van der Waals surface area (Å²) in [4.78, 5) is 13.0. The number of benzene rings is 3. The first kappa shape index (κ1) is 22.9. The fraction of sp³-hybridized carbons (Fsp3) is 0.136. The second-order valence-corrected chi connectivity index (χ2v) is 9.49. The molecule has 0 bridgehead atoms. The minimum atomic E-state index is -3.76. The average molecular weight is 479 g/mol. The van der Waals surface area contributed by atoms with Gasteiger partial charge >= 0.3 is 0 Å². The minimum absolute atomic E-state index is 0.317. The van der Waals surface area contributed by atoms with Gasteiger partial charge in [0.2, 0.25) is 15.9 Å². The molecule has 0 aliphatic heterocycles. The van der Waals surface area contributed by atoms with E-state index in [4.69, 9.17) is 27.9 Å². The predicted octanol–water partition coefficient (Wildman–Crippen LogP) is 5.58. The second-order valence-electron chi connectivity index (χ2n) is 6.76. The molecule has 3 aromatic rings. The van der Waals surface area contributed by atoms with E-state index >= 15 is 0 Å². The van der Waals surface area contributed by atoms with Crippen molar-refractivity contribution in [1.82, 2.24) is 0 Å². The van der Waals surface area contributed by atoms with E-state index in [1.54, 1.807) is 36.4 Å². The first-order chi connectivity index (χ1) is 14.6. The third-order valence-corrected chi connectivity index (χ3v) is 6.07. The van der Waals surface area contributed by atoms with Gasteiger partial charge in [0.1, 0.15) is 11.8 Å². The Kier molecular flexibility index (Phi) is 7.10. The third-order valence-electron chi connectivity index (χ3n) is 4.34. The molecule has 1 atom stereocenters. The van der Waals surface area contributed by atoms with Gasteiger partial charge in [-0.2, -0.15) is 0 Å². The summed E-state index contributed by atoms with van der Waals surface area (Å²) in [6, 6.07) is 19.0. The number of nitrogens with one attached hydrogen (secondary N) is 1. The molecule has 0 radical (unpaired) electrons. The van der Waals surface area contributed by atoms with Crippen LogP contribution in [0.25, 0.3) is 0 Å². The molecule has 31 heavy (non-hydrogen) atoms. The monoisotopic (exact) mass is 478 g/mol. The zero-order chi connectivity index (χ0) is 22.6. The van der Waals surface area contributed by atoms with E-state index in [2.05, 4.69) is 5.32 Å². The van der Waals surface area contributed by atoms with Crippen molar-refractivity contribution in [3.8, 4) is 11.5 Å². The lowest BCUT2D eigenvalue weighted by Gasteiger charge is -2.28. The number of nitrogens with zero attached hydrogens (tertiary/aromatic N) is 1. The van der Waals surface area contributed by atoms with Crippen molar-refractivity contribution in [2.75, 3.05) is 15.9 Å². The predicted molar refractivity (Wildman–Crippen MR) is 125 cm³/mol. The highest BCUT2D eigenvalue weighted by molar-refractivity contribution is 7.92. The van der Waals surface area contributed by atoms with Crippen LogP contribution in [0.4, 0.5) is 11.4 Å². The molecule has 3 rings (SSSR count). The number of rotatable bonds is 7. The Morgan fingerprint density at radius 3 is 2.19 bits per heavy atom. The molecule has 162 valence electrons. The van der Waals surface area contributed by atoms with Crippen LogP contribution in [-0.2, 0) is 14.8 Å². The van der Waals surface area contributed by atoms with Gasteiger partial charge in [-0.05, 0) is 61.5 Å². The summed E-state index contributed by atoms with van der Waals surface area (Å²) in [6.07, 6.45) is 1.04. The zero-order valence-electron chi connectivity index (χ0n) is 16.7. The van der Waals surface area contributed by atoms with E-state index in [-0.39, 0.29) is 0 Å². The zero-order valence-corrected chi connectivity index (χ0v) is 19.1. The van der Waals surface area contributed by atoms with Gasteiger partial charge < -0.3 is 10.1 Å². The summed E-state index contributed by atoms with van der Waals surface area (Å²) in [7, 11) is -3.76. The molecule has 0 aliphatic rings. The van der Waals surface area contributed by atoms with E-state index in [1.165, 1.54) is 25.1 Å². The van der Waals surface area contributed by atoms with Crippen molar-refractivity contribution in [3.63, 3.8) is 0 Å². The van der Waals surface area contributed by atoms with Crippen LogP contribution in [0, 0.1) is 0 Å². The van der Waals surface area contributed by atoms with Gasteiger partial charge in [-0.1, -0.05) is 41.4 Å². The average Bonchev–Trinajstić information content (AvgIpc) is 2.71. The molecular weight excluding hydrogens is 459 g/mol. The lowest BCUT2D eigenvalue weighted by atomic mass is 10.2. The Hall–Kier alpha value is -2.74. The highest BCUT2D eigenvalue weighted by Crippen LogP contribution is 2.32. The smallest absolute Gasteiger partial charge is 0.248 e. The van der Waals surface area contributed by atoms with Crippen molar-refractivity contribution in [1.29, 1.82) is 0 Å². The standard InChI is InChI=1S/C22H20Cl2N2O4S/c1-15(26(31(2,28)29)18-11-8-16(23)9-12-18)22(27)25-20-14-17(24)10-13-21(20)30-19-6-4-3-5-7-19/h3-15H,1-2H3,(H,25,27)/t15-/m1/s1. The number of carbonyl (C=O) groups excluding carboxylic acids is 1. The first-order valence-electron chi connectivity index (χ1n) is 9.23. The largest absolute Gasteiger partial charge is 0.455 e. The minimum Gasteiger partial charge on any atom is -0.455 e. The Labute approximate surface area is 191 Å². The van der Waals surface area contributed by atoms with Crippen LogP contribution in [0.15, 0.2) is 72.8 Å². The molecule has 3 aromatic carbocycles. The summed E-state index contributed by atoms with van der Waals surface area (Å²) in [5.74, 6) is 0.390. The number of carbonyl (C=O) groups is 1. The Morgan fingerprint density at radius 2 is 1.58 bits per heavy atom. The SMILES string of the molecule is C[C@H](C(=O)Nc1cc(Cl)ccc1Oc1ccccc1)N(c1ccc(Cl)cc1)S(C)(=O)=O. The van der Waals surface area contributed by atoms with Crippen molar-refractivity contribution in [2.24, 2.45) is 0 Å². The van der Waals surface area contributed by atoms with Crippen LogP contribution in [0.2, 0.25) is 10.0 Å². The van der Waals surface area contributed by atoms with Crippen molar-refractivity contribution >= 4 is 50.5 Å². The molecule has 0 spiro atoms. The molecule has 0 aromatic heterocycles. The maximum atomic E-state index is 13.0. The van der Waals surface area contributed by atoms with Crippen LogP contribution < -0.4 is 14.4 Å². The Morgan fingerprint density at radius 1 is 0.968 bits per heavy atom. The number of hydrogen-bond donors (Lipinski definition) is 1. The summed E-state index contributed by atoms with van der Waals surface area (Å²) >= 11 is 12.0. The highest BCUT2D eigenvalue weighted by Gasteiger charge is 2.29. The number of ether oxygens (including phenoxy) is 1. The summed E-state index contributed by atoms with van der Waals surface area (Å²) in [6.45, 7) is 1.49. The molecule has 0 heterocycles. The van der Waals surface area contributed by atoms with Crippen molar-refractivity contribution in [2.45, 2.75) is 13.0 Å². The second kappa shape index (κ2) is 9.60. The van der Waals surface area contributed by atoms with Crippen LogP contribution in [0.1, 0.15) is 6.92 Å². The van der Waals surface area contributed by atoms with Crippen LogP contribution in [0.3, 0.4) is 0 Å². The highest BCUT2D eigenvalue weighted by atomic mass is 35.5. The summed E-state index contributed by atoms with van der Waals surface area (Å²) in [5.41, 5.74) is 0.638. The van der Waals surface area contributed by atoms with Crippen LogP contribution in [0.5, 0.6) is 11.5 Å². The van der Waals surface area contributed by atoms with Crippen molar-refractivity contribution in [3.05, 3.63) is 82.8 Å². The van der Waals surface area contributed by atoms with E-state index in [0.717, 1.165) is 10.6 Å². The van der Waals surface area contributed by atoms with Gasteiger partial charge in [-0.25, -0.2) is 8.42 Å². The van der Waals surface area contributed by atoms with E-state index in [0.29, 0.717) is 32.9 Å².